The summed E-state index contributed by atoms with van der Waals surface area (Å²) in [5.74, 6) is -0.827. The number of esters is 2. The zero-order valence-corrected chi connectivity index (χ0v) is 16.3. The van der Waals surface area contributed by atoms with Gasteiger partial charge in [0.15, 0.2) is 0 Å². The SMILES string of the molecule is CCOC(=O)CC1OCCOCCOCCOCCOC1CC(=O)OCC. The maximum Gasteiger partial charge on any atom is 0.308 e. The van der Waals surface area contributed by atoms with Gasteiger partial charge in [-0.1, -0.05) is 0 Å². The van der Waals surface area contributed by atoms with Crippen molar-refractivity contribution in [1.82, 2.24) is 0 Å². The molecular weight excluding hydrogens is 360 g/mol. The Labute approximate surface area is 160 Å². The molecule has 0 amide bonds. The Kier molecular flexibility index (Phi) is 13.9. The molecule has 0 aromatic rings. The second-order valence-electron chi connectivity index (χ2n) is 5.67. The molecule has 1 aliphatic heterocycles. The van der Waals surface area contributed by atoms with Gasteiger partial charge in [-0.2, -0.15) is 0 Å². The average molecular weight is 392 g/mol. The Hall–Kier alpha value is -1.26. The second kappa shape index (κ2) is 15.8. The molecular formula is C18H32O9. The van der Waals surface area contributed by atoms with Crippen LogP contribution in [0.5, 0.6) is 0 Å². The third-order valence-electron chi connectivity index (χ3n) is 3.62. The molecule has 2 atom stereocenters. The van der Waals surface area contributed by atoms with E-state index < -0.39 is 24.1 Å². The first-order valence-corrected chi connectivity index (χ1v) is 9.45. The van der Waals surface area contributed by atoms with Crippen molar-refractivity contribution in [3.63, 3.8) is 0 Å². The lowest BCUT2D eigenvalue weighted by Crippen LogP contribution is -2.38. The van der Waals surface area contributed by atoms with Gasteiger partial charge in [0, 0.05) is 0 Å². The third kappa shape index (κ3) is 11.9. The first kappa shape index (κ1) is 23.8. The van der Waals surface area contributed by atoms with Crippen LogP contribution >= 0.6 is 0 Å². The van der Waals surface area contributed by atoms with E-state index in [2.05, 4.69) is 0 Å². The van der Waals surface area contributed by atoms with Gasteiger partial charge >= 0.3 is 11.9 Å². The lowest BCUT2D eigenvalue weighted by Gasteiger charge is -2.26. The Morgan fingerprint density at radius 2 is 1.00 bits per heavy atom. The smallest absolute Gasteiger partial charge is 0.308 e. The maximum atomic E-state index is 11.9. The predicted octanol–water partition coefficient (Wildman–Crippen LogP) is 0.727. The lowest BCUT2D eigenvalue weighted by molar-refractivity contribution is -0.160. The van der Waals surface area contributed by atoms with E-state index in [1.165, 1.54) is 0 Å². The molecule has 1 aliphatic rings. The number of hydrogen-bond acceptors (Lipinski definition) is 9. The predicted molar refractivity (Wildman–Crippen MR) is 94.4 cm³/mol. The molecule has 27 heavy (non-hydrogen) atoms. The maximum absolute atomic E-state index is 11.9. The van der Waals surface area contributed by atoms with Crippen molar-refractivity contribution in [3.05, 3.63) is 0 Å². The largest absolute Gasteiger partial charge is 0.466 e. The summed E-state index contributed by atoms with van der Waals surface area (Å²) < 4.78 is 37.8. The van der Waals surface area contributed by atoms with Crippen LogP contribution in [0.25, 0.3) is 0 Å². The van der Waals surface area contributed by atoms with Gasteiger partial charge in [-0.3, -0.25) is 9.59 Å². The van der Waals surface area contributed by atoms with Gasteiger partial charge in [-0.25, -0.2) is 0 Å². The third-order valence-corrected chi connectivity index (χ3v) is 3.62. The number of ether oxygens (including phenoxy) is 7. The summed E-state index contributed by atoms with van der Waals surface area (Å²) in [4.78, 5) is 23.9. The fourth-order valence-corrected chi connectivity index (χ4v) is 2.42. The van der Waals surface area contributed by atoms with Crippen LogP contribution in [0.1, 0.15) is 26.7 Å². The van der Waals surface area contributed by atoms with Crippen molar-refractivity contribution < 1.29 is 42.7 Å². The first-order valence-electron chi connectivity index (χ1n) is 9.45. The van der Waals surface area contributed by atoms with Crippen LogP contribution in [0, 0.1) is 0 Å². The Morgan fingerprint density at radius 3 is 1.33 bits per heavy atom. The van der Waals surface area contributed by atoms with Crippen molar-refractivity contribution in [2.75, 3.05) is 66.1 Å². The summed E-state index contributed by atoms with van der Waals surface area (Å²) >= 11 is 0. The van der Waals surface area contributed by atoms with E-state index in [1.54, 1.807) is 13.8 Å². The Morgan fingerprint density at radius 1 is 0.667 bits per heavy atom. The molecule has 0 N–H and O–H groups in total. The van der Waals surface area contributed by atoms with E-state index in [1.807, 2.05) is 0 Å². The Bertz CT molecular complexity index is 366. The van der Waals surface area contributed by atoms with Crippen molar-refractivity contribution >= 4 is 11.9 Å². The highest BCUT2D eigenvalue weighted by molar-refractivity contribution is 5.71. The van der Waals surface area contributed by atoms with Gasteiger partial charge in [0.05, 0.1) is 91.1 Å². The van der Waals surface area contributed by atoms with Gasteiger partial charge in [0.2, 0.25) is 0 Å². The zero-order valence-electron chi connectivity index (χ0n) is 16.3. The molecule has 0 aliphatic carbocycles. The molecule has 0 saturated carbocycles. The number of hydrogen-bond donors (Lipinski definition) is 0. The summed E-state index contributed by atoms with van der Waals surface area (Å²) in [6, 6.07) is 0. The normalized spacial score (nSPS) is 23.6. The van der Waals surface area contributed by atoms with Crippen LogP contribution in [-0.4, -0.2) is 90.2 Å². The highest BCUT2D eigenvalue weighted by Crippen LogP contribution is 2.15. The topological polar surface area (TPSA) is 98.8 Å². The standard InChI is InChI=1S/C18H32O9/c1-3-24-17(19)13-15-16(14-18(20)25-4-2)27-12-10-23-8-6-21-5-7-22-9-11-26-15/h15-16H,3-14H2,1-2H3. The Balaban J connectivity index is 2.74. The molecule has 0 spiro atoms. The minimum absolute atomic E-state index is 0.0259. The minimum atomic E-state index is -0.654. The molecule has 9 heteroatoms. The number of carbonyl (C=O) groups excluding carboxylic acids is 2. The molecule has 1 saturated heterocycles. The van der Waals surface area contributed by atoms with E-state index in [-0.39, 0.29) is 39.3 Å². The van der Waals surface area contributed by atoms with E-state index in [4.69, 9.17) is 33.2 Å². The average Bonchev–Trinajstić information content (AvgIpc) is 2.64. The highest BCUT2D eigenvalue weighted by Gasteiger charge is 2.29. The van der Waals surface area contributed by atoms with Crippen LogP contribution in [0.2, 0.25) is 0 Å². The number of rotatable bonds is 6. The summed E-state index contributed by atoms with van der Waals surface area (Å²) in [5.41, 5.74) is 0. The van der Waals surface area contributed by atoms with Gasteiger partial charge in [0.1, 0.15) is 0 Å². The molecule has 158 valence electrons. The van der Waals surface area contributed by atoms with E-state index in [0.717, 1.165) is 0 Å². The van der Waals surface area contributed by atoms with Crippen LogP contribution in [-0.2, 0) is 42.7 Å². The van der Waals surface area contributed by atoms with Gasteiger partial charge < -0.3 is 33.2 Å². The van der Waals surface area contributed by atoms with Gasteiger partial charge in [-0.15, -0.1) is 0 Å². The van der Waals surface area contributed by atoms with Crippen molar-refractivity contribution in [2.45, 2.75) is 38.9 Å². The fourth-order valence-electron chi connectivity index (χ4n) is 2.42. The van der Waals surface area contributed by atoms with E-state index in [0.29, 0.717) is 39.6 Å². The summed E-state index contributed by atoms with van der Waals surface area (Å²) in [6.07, 6.45) is -1.36. The van der Waals surface area contributed by atoms with Crippen LogP contribution in [0.4, 0.5) is 0 Å². The first-order chi connectivity index (χ1) is 13.2. The molecule has 0 bridgehead atoms. The lowest BCUT2D eigenvalue weighted by atomic mass is 10.1. The zero-order chi connectivity index (χ0) is 19.7. The van der Waals surface area contributed by atoms with Crippen LogP contribution < -0.4 is 0 Å². The molecule has 0 radical (unpaired) electrons. The van der Waals surface area contributed by atoms with Crippen molar-refractivity contribution in [2.24, 2.45) is 0 Å². The van der Waals surface area contributed by atoms with E-state index in [9.17, 15) is 9.59 Å². The van der Waals surface area contributed by atoms with Crippen molar-refractivity contribution in [3.8, 4) is 0 Å². The molecule has 9 nitrogen and oxygen atoms in total. The quantitative estimate of drug-likeness (QED) is 0.606. The monoisotopic (exact) mass is 392 g/mol. The van der Waals surface area contributed by atoms with E-state index >= 15 is 0 Å². The molecule has 1 heterocycles. The van der Waals surface area contributed by atoms with Crippen molar-refractivity contribution in [1.29, 1.82) is 0 Å². The minimum Gasteiger partial charge on any atom is -0.466 e. The second-order valence-corrected chi connectivity index (χ2v) is 5.67. The fraction of sp³-hybridized carbons (Fsp3) is 0.889. The van der Waals surface area contributed by atoms with Gasteiger partial charge in [-0.05, 0) is 13.8 Å². The highest BCUT2D eigenvalue weighted by atomic mass is 16.6. The molecule has 1 fully saturated rings. The molecule has 2 unspecified atom stereocenters. The molecule has 1 rings (SSSR count). The van der Waals surface area contributed by atoms with Crippen LogP contribution in [0.3, 0.4) is 0 Å². The molecule has 0 aromatic carbocycles. The number of carbonyl (C=O) groups is 2. The summed E-state index contributed by atoms with van der Waals surface area (Å²) in [6.45, 7) is 7.00. The van der Waals surface area contributed by atoms with Gasteiger partial charge in [0.25, 0.3) is 0 Å². The van der Waals surface area contributed by atoms with Crippen LogP contribution in [0.15, 0.2) is 0 Å². The molecule has 0 aromatic heterocycles. The summed E-state index contributed by atoms with van der Waals surface area (Å²) in [7, 11) is 0. The summed E-state index contributed by atoms with van der Waals surface area (Å²) in [5, 5.41) is 0.